The minimum atomic E-state index is -0.434. The Morgan fingerprint density at radius 3 is 2.40 bits per heavy atom. The molecule has 0 N–H and O–H groups in total. The molecule has 0 aliphatic heterocycles. The quantitative estimate of drug-likeness (QED) is 0.334. The number of hydrogen-bond donors (Lipinski definition) is 0. The zero-order valence-electron chi connectivity index (χ0n) is 8.59. The summed E-state index contributed by atoms with van der Waals surface area (Å²) in [5.74, 6) is -0.253. The SMILES string of the molecule is C=C(Cl)N=C(CC(=O)OCC)N=C(C)Cl. The molecule has 0 fully saturated rings. The minimum absolute atomic E-state index is 0.0379. The van der Waals surface area contributed by atoms with Gasteiger partial charge in [-0.15, -0.1) is 0 Å². The van der Waals surface area contributed by atoms with Crippen LogP contribution in [-0.2, 0) is 9.53 Å². The number of halogens is 2. The number of amidine groups is 1. The number of hydrogen-bond acceptors (Lipinski definition) is 3. The first-order valence-electron chi connectivity index (χ1n) is 4.24. The maximum atomic E-state index is 11.1. The van der Waals surface area contributed by atoms with Crippen molar-refractivity contribution in [2.45, 2.75) is 20.3 Å². The topological polar surface area (TPSA) is 51.0 Å². The second-order valence-electron chi connectivity index (χ2n) is 2.49. The van der Waals surface area contributed by atoms with Gasteiger partial charge in [0.15, 0.2) is 0 Å². The molecule has 0 spiro atoms. The molecule has 0 aliphatic carbocycles. The number of rotatable bonds is 4. The fourth-order valence-electron chi connectivity index (χ4n) is 0.763. The lowest BCUT2D eigenvalue weighted by atomic mass is 10.4. The van der Waals surface area contributed by atoms with Crippen molar-refractivity contribution in [1.29, 1.82) is 0 Å². The Hall–Kier alpha value is -0.870. The van der Waals surface area contributed by atoms with Crippen molar-refractivity contribution < 1.29 is 9.53 Å². The van der Waals surface area contributed by atoms with Crippen LogP contribution in [0.3, 0.4) is 0 Å². The molecular formula is C9H12Cl2N2O2. The van der Waals surface area contributed by atoms with Gasteiger partial charge in [0, 0.05) is 0 Å². The normalized spacial score (nSPS) is 12.5. The summed E-state index contributed by atoms with van der Waals surface area (Å²) in [6.45, 7) is 6.95. The van der Waals surface area contributed by atoms with E-state index in [0.717, 1.165) is 0 Å². The monoisotopic (exact) mass is 250 g/mol. The van der Waals surface area contributed by atoms with E-state index < -0.39 is 5.97 Å². The summed E-state index contributed by atoms with van der Waals surface area (Å²) in [6.07, 6.45) is -0.0797. The molecule has 0 saturated carbocycles. The average molecular weight is 251 g/mol. The molecule has 0 bridgehead atoms. The first-order valence-corrected chi connectivity index (χ1v) is 4.99. The molecule has 0 heterocycles. The maximum absolute atomic E-state index is 11.1. The molecule has 0 amide bonds. The summed E-state index contributed by atoms with van der Waals surface area (Å²) in [5, 5.41) is 0.298. The van der Waals surface area contributed by atoms with E-state index in [-0.39, 0.29) is 22.6 Å². The molecule has 0 saturated heterocycles. The van der Waals surface area contributed by atoms with E-state index in [2.05, 4.69) is 16.6 Å². The number of carbonyl (C=O) groups is 1. The van der Waals surface area contributed by atoms with Crippen LogP contribution in [0.1, 0.15) is 20.3 Å². The Bertz CT molecular complexity index is 307. The van der Waals surface area contributed by atoms with Crippen molar-refractivity contribution in [2.24, 2.45) is 9.98 Å². The molecule has 0 unspecified atom stereocenters. The van der Waals surface area contributed by atoms with Gasteiger partial charge in [-0.05, 0) is 13.8 Å². The second-order valence-corrected chi connectivity index (χ2v) is 3.48. The van der Waals surface area contributed by atoms with Crippen molar-refractivity contribution in [3.05, 3.63) is 11.7 Å². The van der Waals surface area contributed by atoms with Crippen LogP contribution < -0.4 is 0 Å². The summed E-state index contributed by atoms with van der Waals surface area (Å²) >= 11 is 11.0. The molecule has 0 radical (unpaired) electrons. The van der Waals surface area contributed by atoms with E-state index in [1.54, 1.807) is 13.8 Å². The predicted octanol–water partition coefficient (Wildman–Crippen LogP) is 2.71. The van der Waals surface area contributed by atoms with Crippen molar-refractivity contribution in [1.82, 2.24) is 0 Å². The standard InChI is InChI=1S/C9H12Cl2N2O2/c1-4-15-9(14)5-8(12-6(2)10)13-7(3)11/h2,4-5H2,1,3H3. The van der Waals surface area contributed by atoms with E-state index in [4.69, 9.17) is 27.9 Å². The molecular weight excluding hydrogens is 239 g/mol. The van der Waals surface area contributed by atoms with Gasteiger partial charge in [-0.3, -0.25) is 4.79 Å². The summed E-state index contributed by atoms with van der Waals surface area (Å²) in [7, 11) is 0. The maximum Gasteiger partial charge on any atom is 0.313 e. The summed E-state index contributed by atoms with van der Waals surface area (Å²) in [6, 6.07) is 0. The molecule has 0 aromatic rings. The smallest absolute Gasteiger partial charge is 0.313 e. The first-order chi connectivity index (χ1) is 6.95. The lowest BCUT2D eigenvalue weighted by Crippen LogP contribution is -2.10. The van der Waals surface area contributed by atoms with Crippen molar-refractivity contribution >= 4 is 40.2 Å². The van der Waals surface area contributed by atoms with Gasteiger partial charge in [-0.1, -0.05) is 29.8 Å². The summed E-state index contributed by atoms with van der Waals surface area (Å²) < 4.78 is 4.73. The third-order valence-electron chi connectivity index (χ3n) is 1.14. The van der Waals surface area contributed by atoms with Gasteiger partial charge < -0.3 is 4.74 Å². The summed E-state index contributed by atoms with van der Waals surface area (Å²) in [5.41, 5.74) is 0. The third kappa shape index (κ3) is 8.15. The Labute approximate surface area is 98.6 Å². The van der Waals surface area contributed by atoms with Crippen molar-refractivity contribution in [2.75, 3.05) is 6.61 Å². The Balaban J connectivity index is 4.60. The van der Waals surface area contributed by atoms with Gasteiger partial charge in [0.2, 0.25) is 0 Å². The highest BCUT2D eigenvalue weighted by Crippen LogP contribution is 2.04. The number of nitrogens with zero attached hydrogens (tertiary/aromatic N) is 2. The van der Waals surface area contributed by atoms with Crippen LogP contribution in [0, 0.1) is 0 Å². The van der Waals surface area contributed by atoms with E-state index in [0.29, 0.717) is 6.61 Å². The van der Waals surface area contributed by atoms with Gasteiger partial charge in [0.1, 0.15) is 22.6 Å². The molecule has 0 rings (SSSR count). The fourth-order valence-corrected chi connectivity index (χ4v) is 0.958. The van der Waals surface area contributed by atoms with E-state index in [1.165, 1.54) is 0 Å². The van der Waals surface area contributed by atoms with Crippen LogP contribution in [-0.4, -0.2) is 23.6 Å². The second kappa shape index (κ2) is 7.43. The number of ether oxygens (including phenoxy) is 1. The number of aliphatic imine (C=N–C) groups is 2. The highest BCUT2D eigenvalue weighted by molar-refractivity contribution is 6.65. The van der Waals surface area contributed by atoms with Gasteiger partial charge in [-0.2, -0.15) is 0 Å². The zero-order chi connectivity index (χ0) is 11.8. The van der Waals surface area contributed by atoms with Crippen LogP contribution in [0.15, 0.2) is 21.7 Å². The Morgan fingerprint density at radius 2 is 2.00 bits per heavy atom. The van der Waals surface area contributed by atoms with Gasteiger partial charge in [0.05, 0.1) is 6.61 Å². The zero-order valence-corrected chi connectivity index (χ0v) is 10.1. The van der Waals surface area contributed by atoms with Gasteiger partial charge >= 0.3 is 5.97 Å². The molecule has 15 heavy (non-hydrogen) atoms. The molecule has 0 aliphatic rings. The summed E-state index contributed by atoms with van der Waals surface area (Å²) in [4.78, 5) is 18.7. The van der Waals surface area contributed by atoms with Crippen LogP contribution in [0.2, 0.25) is 0 Å². The number of carbonyl (C=O) groups excluding carboxylic acids is 1. The largest absolute Gasteiger partial charge is 0.466 e. The Kier molecular flexibility index (Phi) is 6.99. The lowest BCUT2D eigenvalue weighted by Gasteiger charge is -2.01. The van der Waals surface area contributed by atoms with E-state index in [1.807, 2.05) is 0 Å². The van der Waals surface area contributed by atoms with Gasteiger partial charge in [0.25, 0.3) is 0 Å². The minimum Gasteiger partial charge on any atom is -0.466 e. The van der Waals surface area contributed by atoms with Crippen molar-refractivity contribution in [3.63, 3.8) is 0 Å². The molecule has 84 valence electrons. The van der Waals surface area contributed by atoms with E-state index >= 15 is 0 Å². The van der Waals surface area contributed by atoms with Gasteiger partial charge in [-0.25, -0.2) is 9.98 Å². The first kappa shape index (κ1) is 14.1. The highest BCUT2D eigenvalue weighted by atomic mass is 35.5. The van der Waals surface area contributed by atoms with Crippen LogP contribution in [0.5, 0.6) is 0 Å². The number of esters is 1. The molecule has 0 aromatic carbocycles. The highest BCUT2D eigenvalue weighted by Gasteiger charge is 2.08. The van der Waals surface area contributed by atoms with Crippen LogP contribution in [0.25, 0.3) is 0 Å². The fraction of sp³-hybridized carbons (Fsp3) is 0.444. The molecule has 4 nitrogen and oxygen atoms in total. The predicted molar refractivity (Wildman–Crippen MR) is 62.6 cm³/mol. The Morgan fingerprint density at radius 1 is 1.40 bits per heavy atom. The van der Waals surface area contributed by atoms with Crippen LogP contribution >= 0.6 is 23.2 Å². The third-order valence-corrected chi connectivity index (χ3v) is 1.31. The van der Waals surface area contributed by atoms with E-state index in [9.17, 15) is 4.79 Å². The molecule has 0 atom stereocenters. The van der Waals surface area contributed by atoms with Crippen LogP contribution in [0.4, 0.5) is 0 Å². The molecule has 6 heteroatoms. The average Bonchev–Trinajstić information content (AvgIpc) is 2.00. The lowest BCUT2D eigenvalue weighted by molar-refractivity contribution is -0.141. The molecule has 0 aromatic heterocycles. The van der Waals surface area contributed by atoms with Crippen molar-refractivity contribution in [3.8, 4) is 0 Å².